The summed E-state index contributed by atoms with van der Waals surface area (Å²) in [5, 5.41) is 8.27. The molecular formula is C11H23LiO5S. The third-order valence-electron chi connectivity index (χ3n) is 1.90. The minimum absolute atomic E-state index is 0. The number of hydrogen-bond donors (Lipinski definition) is 2. The van der Waals surface area contributed by atoms with Gasteiger partial charge in [-0.15, -0.1) is 0 Å². The number of hydrogen-bond acceptors (Lipinski definition) is 3. The van der Waals surface area contributed by atoms with E-state index in [2.05, 4.69) is 13.8 Å². The van der Waals surface area contributed by atoms with Gasteiger partial charge in [-0.05, 0) is 6.42 Å². The molecule has 2 N–H and O–H groups in total. The first-order chi connectivity index (χ1) is 7.83. The third-order valence-corrected chi connectivity index (χ3v) is 2.70. The first kappa shape index (κ1) is 23.1. The van der Waals surface area contributed by atoms with Gasteiger partial charge in [0.05, 0.1) is 0 Å². The first-order valence-corrected chi connectivity index (χ1v) is 7.40. The minimum Gasteiger partial charge on any atom is -0.481 e. The van der Waals surface area contributed by atoms with Gasteiger partial charge in [0.2, 0.25) is 0 Å². The maximum Gasteiger partial charge on any atom is 1.00 e. The summed E-state index contributed by atoms with van der Waals surface area (Å²) in [5.74, 6) is -0.913. The Labute approximate surface area is 122 Å². The van der Waals surface area contributed by atoms with Gasteiger partial charge < -0.3 is 12.0 Å². The molecular weight excluding hydrogens is 251 g/mol. The van der Waals surface area contributed by atoms with E-state index in [1.165, 1.54) is 19.3 Å². The van der Waals surface area contributed by atoms with Crippen molar-refractivity contribution in [2.24, 2.45) is 0 Å². The van der Waals surface area contributed by atoms with Gasteiger partial charge in [-0.3, -0.25) is 9.35 Å². The summed E-state index contributed by atoms with van der Waals surface area (Å²) in [4.78, 5) is 10.0. The zero-order valence-electron chi connectivity index (χ0n) is 11.4. The van der Waals surface area contributed by atoms with Crippen LogP contribution in [0.3, 0.4) is 0 Å². The zero-order valence-corrected chi connectivity index (χ0v) is 12.2. The van der Waals surface area contributed by atoms with E-state index in [4.69, 9.17) is 9.66 Å². The minimum atomic E-state index is -3.74. The van der Waals surface area contributed by atoms with Crippen molar-refractivity contribution in [3.8, 4) is 0 Å². The Bertz CT molecular complexity index is 277. The van der Waals surface area contributed by atoms with Crippen LogP contribution >= 0.6 is 0 Å². The predicted octanol–water partition coefficient (Wildman–Crippen LogP) is -0.466. The molecule has 0 fully saturated rings. The predicted molar refractivity (Wildman–Crippen MR) is 67.4 cm³/mol. The Hall–Kier alpha value is -0.0226. The molecule has 5 nitrogen and oxygen atoms in total. The Kier molecular flexibility index (Phi) is 19.3. The summed E-state index contributed by atoms with van der Waals surface area (Å²) in [6, 6.07) is 0. The molecule has 18 heavy (non-hydrogen) atoms. The van der Waals surface area contributed by atoms with E-state index in [0.29, 0.717) is 6.42 Å². The van der Waals surface area contributed by atoms with Crippen molar-refractivity contribution in [1.82, 2.24) is 0 Å². The molecule has 0 heterocycles. The molecule has 0 unspecified atom stereocenters. The summed E-state index contributed by atoms with van der Waals surface area (Å²) >= 11 is 0. The molecule has 0 saturated heterocycles. The smallest absolute Gasteiger partial charge is 0.481 e. The standard InChI is InChI=1S/C8H16O2.C3H7O3S.Li/c1-2-3-4-5-6-7-8(9)10;1-2-3-7(4,5)6;/h2-7H2,1H3,(H,9,10);1-3H2,(H,4,5,6);/q;-1;+1. The second-order valence-electron chi connectivity index (χ2n) is 3.70. The second kappa shape index (κ2) is 15.0. The van der Waals surface area contributed by atoms with Crippen LogP contribution in [0, 0.1) is 6.92 Å². The van der Waals surface area contributed by atoms with Gasteiger partial charge in [-0.2, -0.15) is 14.8 Å². The van der Waals surface area contributed by atoms with Crippen LogP contribution in [0.15, 0.2) is 0 Å². The van der Waals surface area contributed by atoms with Gasteiger partial charge in [0.25, 0.3) is 10.1 Å². The summed E-state index contributed by atoms with van der Waals surface area (Å²) in [7, 11) is -3.74. The largest absolute Gasteiger partial charge is 1.00 e. The monoisotopic (exact) mass is 274 g/mol. The van der Waals surface area contributed by atoms with E-state index < -0.39 is 16.1 Å². The molecule has 0 atom stereocenters. The first-order valence-electron chi connectivity index (χ1n) is 5.79. The second-order valence-corrected chi connectivity index (χ2v) is 5.27. The number of rotatable bonds is 8. The van der Waals surface area contributed by atoms with E-state index in [0.717, 1.165) is 12.8 Å². The summed E-state index contributed by atoms with van der Waals surface area (Å²) in [6.07, 6.45) is 6.11. The van der Waals surface area contributed by atoms with Crippen LogP contribution in [0.5, 0.6) is 0 Å². The number of carboxylic acids is 1. The fourth-order valence-corrected chi connectivity index (χ4v) is 1.43. The molecule has 7 heteroatoms. The van der Waals surface area contributed by atoms with E-state index in [-0.39, 0.29) is 31.0 Å². The van der Waals surface area contributed by atoms with Crippen molar-refractivity contribution < 1.29 is 41.7 Å². The molecule has 104 valence electrons. The summed E-state index contributed by atoms with van der Waals surface area (Å²) < 4.78 is 27.4. The molecule has 0 radical (unpaired) electrons. The molecule has 0 aliphatic rings. The van der Waals surface area contributed by atoms with Crippen molar-refractivity contribution in [3.63, 3.8) is 0 Å². The van der Waals surface area contributed by atoms with Crippen LogP contribution in [0.25, 0.3) is 0 Å². The molecule has 0 aromatic carbocycles. The van der Waals surface area contributed by atoms with E-state index in [9.17, 15) is 13.2 Å². The Balaban J connectivity index is -0.000000251. The van der Waals surface area contributed by atoms with Crippen LogP contribution in [0.2, 0.25) is 0 Å². The van der Waals surface area contributed by atoms with Crippen LogP contribution in [-0.4, -0.2) is 29.8 Å². The van der Waals surface area contributed by atoms with Crippen molar-refractivity contribution in [3.05, 3.63) is 6.92 Å². The van der Waals surface area contributed by atoms with Crippen molar-refractivity contribution in [2.75, 3.05) is 5.75 Å². The topological polar surface area (TPSA) is 91.7 Å². The quantitative estimate of drug-likeness (QED) is 0.270. The maximum atomic E-state index is 10.0. The third kappa shape index (κ3) is 29.7. The van der Waals surface area contributed by atoms with Gasteiger partial charge in [-0.1, -0.05) is 32.6 Å². The van der Waals surface area contributed by atoms with Gasteiger partial charge in [-0.25, -0.2) is 0 Å². The van der Waals surface area contributed by atoms with Crippen LogP contribution in [0.4, 0.5) is 0 Å². The van der Waals surface area contributed by atoms with E-state index >= 15 is 0 Å². The normalized spacial score (nSPS) is 9.94. The number of carbonyl (C=O) groups is 1. The van der Waals surface area contributed by atoms with Gasteiger partial charge in [0.15, 0.2) is 0 Å². The zero-order chi connectivity index (χ0) is 13.7. The molecule has 0 aliphatic heterocycles. The maximum absolute atomic E-state index is 10.0. The Morgan fingerprint density at radius 2 is 1.67 bits per heavy atom. The molecule has 0 aliphatic carbocycles. The molecule has 0 aromatic rings. The van der Waals surface area contributed by atoms with Crippen LogP contribution in [0.1, 0.15) is 51.9 Å². The molecule has 0 aromatic heterocycles. The van der Waals surface area contributed by atoms with Crippen molar-refractivity contribution in [1.29, 1.82) is 0 Å². The Morgan fingerprint density at radius 3 is 1.94 bits per heavy atom. The molecule has 0 rings (SSSR count). The van der Waals surface area contributed by atoms with Crippen LogP contribution < -0.4 is 18.9 Å². The molecule has 0 bridgehead atoms. The van der Waals surface area contributed by atoms with Gasteiger partial charge >= 0.3 is 24.8 Å². The van der Waals surface area contributed by atoms with Gasteiger partial charge in [0.1, 0.15) is 0 Å². The Morgan fingerprint density at radius 1 is 1.17 bits per heavy atom. The van der Waals surface area contributed by atoms with Crippen molar-refractivity contribution in [2.45, 2.75) is 51.9 Å². The SMILES string of the molecule is CCCCCCCC(=O)O.[CH2-]CCS(=O)(=O)O.[Li+]. The number of carboxylic acid groups (broad SMARTS) is 1. The number of aliphatic carboxylic acids is 1. The number of unbranched alkanes of at least 4 members (excludes halogenated alkanes) is 4. The van der Waals surface area contributed by atoms with E-state index in [1.54, 1.807) is 0 Å². The average molecular weight is 274 g/mol. The van der Waals surface area contributed by atoms with E-state index in [1.807, 2.05) is 0 Å². The fourth-order valence-electron chi connectivity index (χ4n) is 1.06. The molecule has 0 spiro atoms. The van der Waals surface area contributed by atoms with Gasteiger partial charge in [0, 0.05) is 12.2 Å². The fraction of sp³-hybridized carbons (Fsp3) is 0.818. The van der Waals surface area contributed by atoms with Crippen molar-refractivity contribution >= 4 is 16.1 Å². The molecule has 0 amide bonds. The summed E-state index contributed by atoms with van der Waals surface area (Å²) in [6.45, 7) is 5.38. The van der Waals surface area contributed by atoms with Crippen LogP contribution in [-0.2, 0) is 14.9 Å². The molecule has 0 saturated carbocycles. The average Bonchev–Trinajstić information content (AvgIpc) is 2.16. The summed E-state index contributed by atoms with van der Waals surface area (Å²) in [5.41, 5.74) is 0.